The van der Waals surface area contributed by atoms with Crippen LogP contribution in [0.15, 0.2) is 48.5 Å². The monoisotopic (exact) mass is 224 g/mol. The fraction of sp³-hybridized carbons (Fsp3) is 0.143. The first-order chi connectivity index (χ1) is 8.38. The maximum atomic E-state index is 8.70. The van der Waals surface area contributed by atoms with Crippen molar-refractivity contribution in [3.05, 3.63) is 59.8 Å². The molecule has 84 valence electrons. The van der Waals surface area contributed by atoms with E-state index >= 15 is 0 Å². The summed E-state index contributed by atoms with van der Waals surface area (Å²) < 4.78 is 5.49. The average Bonchev–Trinajstić information content (AvgIpc) is 2.40. The molecule has 3 nitrogen and oxygen atoms in total. The zero-order valence-corrected chi connectivity index (χ0v) is 9.34. The minimum atomic E-state index is 0.377. The zero-order valence-electron chi connectivity index (χ0n) is 9.34. The van der Waals surface area contributed by atoms with Crippen molar-refractivity contribution >= 4 is 0 Å². The van der Waals surface area contributed by atoms with Crippen molar-refractivity contribution in [1.29, 1.82) is 5.26 Å². The van der Waals surface area contributed by atoms with Crippen LogP contribution in [0.2, 0.25) is 0 Å². The topological polar surface area (TPSA) is 45.9 Å². The summed E-state index contributed by atoms with van der Waals surface area (Å²) in [4.78, 5) is 4.04. The van der Waals surface area contributed by atoms with Crippen LogP contribution in [-0.4, -0.2) is 11.6 Å². The van der Waals surface area contributed by atoms with Crippen molar-refractivity contribution in [3.8, 4) is 11.9 Å². The molecule has 0 saturated carbocycles. The Morgan fingerprint density at radius 3 is 2.65 bits per heavy atom. The molecular weight excluding hydrogens is 212 g/mol. The molecule has 17 heavy (non-hydrogen) atoms. The molecule has 1 aromatic carbocycles. The second-order valence-corrected chi connectivity index (χ2v) is 3.56. The number of aromatic nitrogens is 1. The van der Waals surface area contributed by atoms with E-state index in [0.29, 0.717) is 18.2 Å². The van der Waals surface area contributed by atoms with E-state index in [9.17, 15) is 0 Å². The Morgan fingerprint density at radius 2 is 1.88 bits per heavy atom. The number of rotatable bonds is 4. The number of hydrogen-bond acceptors (Lipinski definition) is 3. The standard InChI is InChI=1S/C14H12N2O/c15-11-13-7-4-8-14(16-13)17-10-9-12-5-2-1-3-6-12/h1-8H,9-10H2. The normalized spacial score (nSPS) is 9.59. The van der Waals surface area contributed by atoms with Gasteiger partial charge in [0, 0.05) is 12.5 Å². The molecule has 0 unspecified atom stereocenters. The van der Waals surface area contributed by atoms with Crippen LogP contribution in [0.1, 0.15) is 11.3 Å². The van der Waals surface area contributed by atoms with Crippen LogP contribution < -0.4 is 4.74 Å². The third-order valence-corrected chi connectivity index (χ3v) is 2.32. The number of hydrogen-bond donors (Lipinski definition) is 0. The molecule has 0 bridgehead atoms. The van der Waals surface area contributed by atoms with E-state index in [1.807, 2.05) is 24.3 Å². The van der Waals surface area contributed by atoms with Crippen molar-refractivity contribution in [2.24, 2.45) is 0 Å². The van der Waals surface area contributed by atoms with Gasteiger partial charge in [0.15, 0.2) is 0 Å². The minimum Gasteiger partial charge on any atom is -0.477 e. The predicted molar refractivity (Wildman–Crippen MR) is 64.6 cm³/mol. The molecule has 0 amide bonds. The second kappa shape index (κ2) is 5.66. The van der Waals surface area contributed by atoms with Gasteiger partial charge in [0.25, 0.3) is 0 Å². The molecule has 0 aliphatic rings. The molecule has 2 aromatic rings. The Kier molecular flexibility index (Phi) is 3.72. The van der Waals surface area contributed by atoms with E-state index in [-0.39, 0.29) is 0 Å². The summed E-state index contributed by atoms with van der Waals surface area (Å²) in [6.07, 6.45) is 0.833. The molecule has 0 saturated heterocycles. The lowest BCUT2D eigenvalue weighted by molar-refractivity contribution is 0.309. The average molecular weight is 224 g/mol. The van der Waals surface area contributed by atoms with Gasteiger partial charge in [0.05, 0.1) is 6.61 Å². The predicted octanol–water partition coefficient (Wildman–Crippen LogP) is 2.57. The number of pyridine rings is 1. The summed E-state index contributed by atoms with van der Waals surface area (Å²) >= 11 is 0. The van der Waals surface area contributed by atoms with E-state index < -0.39 is 0 Å². The number of ether oxygens (including phenoxy) is 1. The lowest BCUT2D eigenvalue weighted by Crippen LogP contribution is -2.02. The number of nitrogens with zero attached hydrogens (tertiary/aromatic N) is 2. The maximum absolute atomic E-state index is 8.70. The van der Waals surface area contributed by atoms with Crippen LogP contribution in [0.4, 0.5) is 0 Å². The highest BCUT2D eigenvalue weighted by atomic mass is 16.5. The van der Waals surface area contributed by atoms with Gasteiger partial charge < -0.3 is 4.74 Å². The van der Waals surface area contributed by atoms with Crippen LogP contribution in [0.25, 0.3) is 0 Å². The molecule has 0 aliphatic heterocycles. The quantitative estimate of drug-likeness (QED) is 0.801. The van der Waals surface area contributed by atoms with Crippen LogP contribution in [-0.2, 0) is 6.42 Å². The summed E-state index contributed by atoms with van der Waals surface area (Å²) in [5.41, 5.74) is 1.60. The van der Waals surface area contributed by atoms with Gasteiger partial charge in [0.2, 0.25) is 5.88 Å². The van der Waals surface area contributed by atoms with E-state index in [0.717, 1.165) is 6.42 Å². The third kappa shape index (κ3) is 3.32. The van der Waals surface area contributed by atoms with Crippen molar-refractivity contribution in [3.63, 3.8) is 0 Å². The first-order valence-electron chi connectivity index (χ1n) is 5.42. The first kappa shape index (κ1) is 11.2. The summed E-state index contributed by atoms with van der Waals surface area (Å²) in [7, 11) is 0. The molecular formula is C14H12N2O. The molecule has 3 heteroatoms. The highest BCUT2D eigenvalue weighted by Crippen LogP contribution is 2.08. The minimum absolute atomic E-state index is 0.377. The van der Waals surface area contributed by atoms with Gasteiger partial charge in [-0.3, -0.25) is 0 Å². The smallest absolute Gasteiger partial charge is 0.214 e. The Morgan fingerprint density at radius 1 is 1.06 bits per heavy atom. The van der Waals surface area contributed by atoms with E-state index in [4.69, 9.17) is 10.00 Å². The summed E-state index contributed by atoms with van der Waals surface area (Å²) in [5, 5.41) is 8.70. The van der Waals surface area contributed by atoms with Crippen LogP contribution in [0.5, 0.6) is 5.88 Å². The molecule has 2 rings (SSSR count). The maximum Gasteiger partial charge on any atom is 0.214 e. The number of benzene rings is 1. The fourth-order valence-corrected chi connectivity index (χ4v) is 1.48. The Labute approximate surface area is 100 Å². The highest BCUT2D eigenvalue weighted by Gasteiger charge is 1.98. The summed E-state index contributed by atoms with van der Waals surface area (Å²) in [6, 6.07) is 17.3. The highest BCUT2D eigenvalue weighted by molar-refractivity contribution is 5.24. The van der Waals surface area contributed by atoms with Gasteiger partial charge in [0.1, 0.15) is 11.8 Å². The van der Waals surface area contributed by atoms with E-state index in [1.54, 1.807) is 18.2 Å². The van der Waals surface area contributed by atoms with E-state index in [2.05, 4.69) is 17.1 Å². The molecule has 1 heterocycles. The molecule has 0 aliphatic carbocycles. The van der Waals surface area contributed by atoms with Gasteiger partial charge in [-0.25, -0.2) is 4.98 Å². The summed E-state index contributed by atoms with van der Waals surface area (Å²) in [6.45, 7) is 0.561. The Hall–Kier alpha value is -2.34. The van der Waals surface area contributed by atoms with Crippen molar-refractivity contribution in [2.45, 2.75) is 6.42 Å². The van der Waals surface area contributed by atoms with Gasteiger partial charge in [-0.15, -0.1) is 0 Å². The van der Waals surface area contributed by atoms with Gasteiger partial charge in [-0.05, 0) is 11.6 Å². The molecule has 1 aromatic heterocycles. The molecule has 0 radical (unpaired) electrons. The largest absolute Gasteiger partial charge is 0.477 e. The lowest BCUT2D eigenvalue weighted by Gasteiger charge is -2.05. The second-order valence-electron chi connectivity index (χ2n) is 3.56. The van der Waals surface area contributed by atoms with Crippen LogP contribution in [0, 0.1) is 11.3 Å². The molecule has 0 spiro atoms. The van der Waals surface area contributed by atoms with Gasteiger partial charge >= 0.3 is 0 Å². The third-order valence-electron chi connectivity index (χ3n) is 2.32. The van der Waals surface area contributed by atoms with Crippen LogP contribution >= 0.6 is 0 Å². The SMILES string of the molecule is N#Cc1cccc(OCCc2ccccc2)n1. The fourth-order valence-electron chi connectivity index (χ4n) is 1.48. The first-order valence-corrected chi connectivity index (χ1v) is 5.42. The number of nitriles is 1. The Balaban J connectivity index is 1.88. The van der Waals surface area contributed by atoms with Crippen LogP contribution in [0.3, 0.4) is 0 Å². The van der Waals surface area contributed by atoms with Gasteiger partial charge in [-0.1, -0.05) is 36.4 Å². The van der Waals surface area contributed by atoms with Crippen molar-refractivity contribution < 1.29 is 4.74 Å². The van der Waals surface area contributed by atoms with Crippen molar-refractivity contribution in [2.75, 3.05) is 6.61 Å². The molecule has 0 N–H and O–H groups in total. The molecule has 0 fully saturated rings. The van der Waals surface area contributed by atoms with Crippen molar-refractivity contribution in [1.82, 2.24) is 4.98 Å². The molecule has 0 atom stereocenters. The Bertz CT molecular complexity index is 517. The summed E-state index contributed by atoms with van der Waals surface area (Å²) in [5.74, 6) is 0.500. The van der Waals surface area contributed by atoms with Gasteiger partial charge in [-0.2, -0.15) is 5.26 Å². The van der Waals surface area contributed by atoms with E-state index in [1.165, 1.54) is 5.56 Å². The lowest BCUT2D eigenvalue weighted by atomic mass is 10.2. The zero-order chi connectivity index (χ0) is 11.9.